The molecule has 1 aromatic heterocycles. The lowest BCUT2D eigenvalue weighted by atomic mass is 10.2. The summed E-state index contributed by atoms with van der Waals surface area (Å²) in [6, 6.07) is 24.4. The van der Waals surface area contributed by atoms with E-state index in [4.69, 9.17) is 4.74 Å². The van der Waals surface area contributed by atoms with Crippen LogP contribution in [0.5, 0.6) is 5.75 Å². The highest BCUT2D eigenvalue weighted by Crippen LogP contribution is 2.21. The van der Waals surface area contributed by atoms with Crippen molar-refractivity contribution in [2.45, 2.75) is 13.8 Å². The molecule has 0 unspecified atom stereocenters. The molecule has 7 nitrogen and oxygen atoms in total. The standard InChI is InChI=1S/C26H25N5O2/c1-17-7-9-20(10-8-17)28-24-15-18(2)27-26(31-24)30-22-13-11-21(12-14-22)29-25(32)19-5-4-6-23(16-19)33-3/h4-16H,1-3H3,(H,29,32)(H2,27,28,30,31). The van der Waals surface area contributed by atoms with Gasteiger partial charge in [-0.3, -0.25) is 4.79 Å². The van der Waals surface area contributed by atoms with Crippen molar-refractivity contribution in [3.8, 4) is 5.75 Å². The molecule has 33 heavy (non-hydrogen) atoms. The first-order chi connectivity index (χ1) is 16.0. The molecule has 7 heteroatoms. The third-order valence-corrected chi connectivity index (χ3v) is 4.91. The maximum Gasteiger partial charge on any atom is 0.255 e. The minimum atomic E-state index is -0.205. The second-order valence-corrected chi connectivity index (χ2v) is 7.60. The third kappa shape index (κ3) is 5.86. The molecule has 1 amide bonds. The van der Waals surface area contributed by atoms with Crippen LogP contribution in [0, 0.1) is 13.8 Å². The van der Waals surface area contributed by atoms with E-state index in [1.807, 2.05) is 61.5 Å². The van der Waals surface area contributed by atoms with Gasteiger partial charge >= 0.3 is 0 Å². The Hall–Kier alpha value is -4.39. The van der Waals surface area contributed by atoms with E-state index in [9.17, 15) is 4.79 Å². The van der Waals surface area contributed by atoms with Crippen LogP contribution in [0.15, 0.2) is 78.9 Å². The molecule has 166 valence electrons. The molecule has 0 aliphatic rings. The number of carbonyl (C=O) groups is 1. The number of ether oxygens (including phenoxy) is 1. The lowest BCUT2D eigenvalue weighted by Gasteiger charge is -2.11. The monoisotopic (exact) mass is 439 g/mol. The quantitative estimate of drug-likeness (QED) is 0.335. The van der Waals surface area contributed by atoms with E-state index in [1.165, 1.54) is 5.56 Å². The largest absolute Gasteiger partial charge is 0.497 e. The molecular weight excluding hydrogens is 414 g/mol. The molecule has 0 atom stereocenters. The summed E-state index contributed by atoms with van der Waals surface area (Å²) < 4.78 is 5.18. The number of amides is 1. The summed E-state index contributed by atoms with van der Waals surface area (Å²) in [6.07, 6.45) is 0. The highest BCUT2D eigenvalue weighted by Gasteiger charge is 2.08. The van der Waals surface area contributed by atoms with Gasteiger partial charge in [0.2, 0.25) is 5.95 Å². The van der Waals surface area contributed by atoms with E-state index >= 15 is 0 Å². The van der Waals surface area contributed by atoms with Crippen LogP contribution < -0.4 is 20.7 Å². The van der Waals surface area contributed by atoms with Gasteiger partial charge in [0.25, 0.3) is 5.91 Å². The molecule has 0 spiro atoms. The number of methoxy groups -OCH3 is 1. The highest BCUT2D eigenvalue weighted by atomic mass is 16.5. The maximum absolute atomic E-state index is 12.5. The van der Waals surface area contributed by atoms with Gasteiger partial charge in [0.15, 0.2) is 0 Å². The van der Waals surface area contributed by atoms with E-state index in [0.717, 1.165) is 17.1 Å². The number of nitrogens with one attached hydrogen (secondary N) is 3. The molecule has 0 bridgehead atoms. The van der Waals surface area contributed by atoms with Crippen molar-refractivity contribution in [2.75, 3.05) is 23.1 Å². The Balaban J connectivity index is 1.42. The van der Waals surface area contributed by atoms with Crippen LogP contribution in [0.25, 0.3) is 0 Å². The Bertz CT molecular complexity index is 1250. The fraction of sp³-hybridized carbons (Fsp3) is 0.115. The average Bonchev–Trinajstić information content (AvgIpc) is 2.81. The number of hydrogen-bond acceptors (Lipinski definition) is 6. The topological polar surface area (TPSA) is 88.2 Å². The van der Waals surface area contributed by atoms with E-state index < -0.39 is 0 Å². The zero-order valence-electron chi connectivity index (χ0n) is 18.7. The van der Waals surface area contributed by atoms with E-state index in [0.29, 0.717) is 28.8 Å². The number of rotatable bonds is 7. The SMILES string of the molecule is COc1cccc(C(=O)Nc2ccc(Nc3nc(C)cc(Nc4ccc(C)cc4)n3)cc2)c1. The zero-order chi connectivity index (χ0) is 23.2. The Morgan fingerprint density at radius 3 is 2.18 bits per heavy atom. The summed E-state index contributed by atoms with van der Waals surface area (Å²) >= 11 is 0. The van der Waals surface area contributed by atoms with E-state index in [2.05, 4.69) is 32.8 Å². The van der Waals surface area contributed by atoms with E-state index in [1.54, 1.807) is 31.4 Å². The second kappa shape index (κ2) is 9.82. The van der Waals surface area contributed by atoms with Gasteiger partial charge in [0.1, 0.15) is 11.6 Å². The Kier molecular flexibility index (Phi) is 6.50. The molecule has 0 aliphatic heterocycles. The molecule has 3 aromatic carbocycles. The Morgan fingerprint density at radius 1 is 0.788 bits per heavy atom. The van der Waals surface area contributed by atoms with Crippen LogP contribution in [0.3, 0.4) is 0 Å². The number of aromatic nitrogens is 2. The third-order valence-electron chi connectivity index (χ3n) is 4.91. The van der Waals surface area contributed by atoms with Gasteiger partial charge in [-0.1, -0.05) is 23.8 Å². The summed E-state index contributed by atoms with van der Waals surface area (Å²) in [4.78, 5) is 21.5. The lowest BCUT2D eigenvalue weighted by molar-refractivity contribution is 0.102. The molecule has 4 aromatic rings. The van der Waals surface area contributed by atoms with Gasteiger partial charge < -0.3 is 20.7 Å². The smallest absolute Gasteiger partial charge is 0.255 e. The Morgan fingerprint density at radius 2 is 1.45 bits per heavy atom. The van der Waals surface area contributed by atoms with Crippen LogP contribution in [0.4, 0.5) is 28.8 Å². The highest BCUT2D eigenvalue weighted by molar-refractivity contribution is 6.04. The number of hydrogen-bond donors (Lipinski definition) is 3. The van der Waals surface area contributed by atoms with Crippen LogP contribution in [-0.2, 0) is 0 Å². The first kappa shape index (κ1) is 21.8. The molecular formula is C26H25N5O2. The maximum atomic E-state index is 12.5. The number of anilines is 5. The molecule has 0 saturated heterocycles. The van der Waals surface area contributed by atoms with Crippen LogP contribution in [-0.4, -0.2) is 23.0 Å². The molecule has 0 saturated carbocycles. The van der Waals surface area contributed by atoms with Crippen molar-refractivity contribution in [2.24, 2.45) is 0 Å². The lowest BCUT2D eigenvalue weighted by Crippen LogP contribution is -2.11. The predicted octanol–water partition coefficient (Wildman–Crippen LogP) is 5.84. The number of benzene rings is 3. The predicted molar refractivity (Wildman–Crippen MR) is 132 cm³/mol. The number of nitrogens with zero attached hydrogens (tertiary/aromatic N) is 2. The molecule has 0 aliphatic carbocycles. The van der Waals surface area contributed by atoms with Gasteiger partial charge in [-0.05, 0) is 68.4 Å². The number of carbonyl (C=O) groups excluding carboxylic acids is 1. The molecule has 1 heterocycles. The normalized spacial score (nSPS) is 10.4. The fourth-order valence-corrected chi connectivity index (χ4v) is 3.21. The first-order valence-corrected chi connectivity index (χ1v) is 10.5. The van der Waals surface area contributed by atoms with Crippen molar-refractivity contribution in [1.82, 2.24) is 9.97 Å². The molecule has 4 rings (SSSR count). The summed E-state index contributed by atoms with van der Waals surface area (Å²) in [6.45, 7) is 3.97. The average molecular weight is 440 g/mol. The summed E-state index contributed by atoms with van der Waals surface area (Å²) in [7, 11) is 1.57. The van der Waals surface area contributed by atoms with Crippen LogP contribution in [0.1, 0.15) is 21.6 Å². The Labute approximate surface area is 192 Å². The second-order valence-electron chi connectivity index (χ2n) is 7.60. The van der Waals surface area contributed by atoms with Gasteiger partial charge in [0, 0.05) is 34.4 Å². The van der Waals surface area contributed by atoms with Gasteiger partial charge in [-0.2, -0.15) is 4.98 Å². The minimum Gasteiger partial charge on any atom is -0.497 e. The summed E-state index contributed by atoms with van der Waals surface area (Å²) in [5.41, 5.74) is 5.01. The van der Waals surface area contributed by atoms with Crippen molar-refractivity contribution in [3.63, 3.8) is 0 Å². The fourth-order valence-electron chi connectivity index (χ4n) is 3.21. The van der Waals surface area contributed by atoms with Gasteiger partial charge in [-0.15, -0.1) is 0 Å². The number of aryl methyl sites for hydroxylation is 2. The van der Waals surface area contributed by atoms with Crippen molar-refractivity contribution in [1.29, 1.82) is 0 Å². The van der Waals surface area contributed by atoms with Crippen molar-refractivity contribution in [3.05, 3.63) is 95.7 Å². The summed E-state index contributed by atoms with van der Waals surface area (Å²) in [5, 5.41) is 9.41. The zero-order valence-corrected chi connectivity index (χ0v) is 18.7. The van der Waals surface area contributed by atoms with Crippen molar-refractivity contribution >= 4 is 34.7 Å². The van der Waals surface area contributed by atoms with Gasteiger partial charge in [0.05, 0.1) is 7.11 Å². The molecule has 0 radical (unpaired) electrons. The first-order valence-electron chi connectivity index (χ1n) is 10.5. The van der Waals surface area contributed by atoms with Gasteiger partial charge in [-0.25, -0.2) is 4.98 Å². The summed E-state index contributed by atoms with van der Waals surface area (Å²) in [5.74, 6) is 1.62. The molecule has 0 fully saturated rings. The van der Waals surface area contributed by atoms with Crippen LogP contribution in [0.2, 0.25) is 0 Å². The van der Waals surface area contributed by atoms with E-state index in [-0.39, 0.29) is 5.91 Å². The minimum absolute atomic E-state index is 0.205. The van der Waals surface area contributed by atoms with Crippen LogP contribution >= 0.6 is 0 Å². The van der Waals surface area contributed by atoms with Crippen molar-refractivity contribution < 1.29 is 9.53 Å². The molecule has 3 N–H and O–H groups in total.